The Morgan fingerprint density at radius 1 is 1.00 bits per heavy atom. The van der Waals surface area contributed by atoms with E-state index in [9.17, 15) is 9.59 Å². The van der Waals surface area contributed by atoms with Gasteiger partial charge in [0.15, 0.2) is 0 Å². The van der Waals surface area contributed by atoms with Crippen molar-refractivity contribution in [1.82, 2.24) is 14.5 Å². The molecule has 3 aromatic carbocycles. The van der Waals surface area contributed by atoms with Crippen LogP contribution < -0.4 is 5.56 Å². The van der Waals surface area contributed by atoms with Crippen molar-refractivity contribution in [2.45, 2.75) is 32.7 Å². The van der Waals surface area contributed by atoms with Gasteiger partial charge < -0.3 is 4.90 Å². The third kappa shape index (κ3) is 4.55. The van der Waals surface area contributed by atoms with E-state index in [0.29, 0.717) is 39.5 Å². The Balaban J connectivity index is 1.90. The Bertz CT molecular complexity index is 1330. The van der Waals surface area contributed by atoms with E-state index in [1.54, 1.807) is 39.8 Å². The summed E-state index contributed by atoms with van der Waals surface area (Å²) in [6.45, 7) is 4.52. The lowest BCUT2D eigenvalue weighted by atomic mass is 10.1. The lowest BCUT2D eigenvalue weighted by Gasteiger charge is -2.31. The lowest BCUT2D eigenvalue weighted by Crippen LogP contribution is -2.38. The van der Waals surface area contributed by atoms with Crippen LogP contribution >= 0.6 is 11.6 Å². The standard InChI is InChI=1S/C27H26ClN3O2/c1-3-4-18-30(26(32)21-14-8-10-16-23(21)28)19(2)25-29-24-17-11-9-15-22(24)27(33)31(25)20-12-6-5-7-13-20/h5-17,19H,3-4,18H2,1-2H3. The molecule has 0 radical (unpaired) electrons. The summed E-state index contributed by atoms with van der Waals surface area (Å²) in [5.74, 6) is 0.338. The molecule has 0 spiro atoms. The maximum Gasteiger partial charge on any atom is 0.266 e. The zero-order chi connectivity index (χ0) is 23.4. The number of benzene rings is 3. The number of fused-ring (bicyclic) bond motifs is 1. The predicted molar refractivity (Wildman–Crippen MR) is 133 cm³/mol. The largest absolute Gasteiger partial charge is 0.329 e. The van der Waals surface area contributed by atoms with Crippen LogP contribution in [-0.2, 0) is 0 Å². The second kappa shape index (κ2) is 10.0. The van der Waals surface area contributed by atoms with Crippen molar-refractivity contribution in [3.63, 3.8) is 0 Å². The number of carbonyl (C=O) groups excluding carboxylic acids is 1. The van der Waals surface area contributed by atoms with Gasteiger partial charge in [0.1, 0.15) is 5.82 Å². The molecule has 1 unspecified atom stereocenters. The zero-order valence-electron chi connectivity index (χ0n) is 18.7. The number of hydrogen-bond acceptors (Lipinski definition) is 3. The summed E-state index contributed by atoms with van der Waals surface area (Å²) >= 11 is 6.36. The van der Waals surface area contributed by atoms with Crippen LogP contribution in [-0.4, -0.2) is 26.9 Å². The average molecular weight is 460 g/mol. The molecule has 0 aliphatic carbocycles. The van der Waals surface area contributed by atoms with E-state index >= 15 is 0 Å². The van der Waals surface area contributed by atoms with Crippen LogP contribution in [0.25, 0.3) is 16.6 Å². The Labute approximate surface area is 198 Å². The molecule has 0 N–H and O–H groups in total. The minimum Gasteiger partial charge on any atom is -0.329 e. The third-order valence-electron chi connectivity index (χ3n) is 5.77. The summed E-state index contributed by atoms with van der Waals surface area (Å²) in [5.41, 5.74) is 1.60. The van der Waals surface area contributed by atoms with Gasteiger partial charge in [-0.2, -0.15) is 0 Å². The number of nitrogens with zero attached hydrogens (tertiary/aromatic N) is 3. The fourth-order valence-electron chi connectivity index (χ4n) is 3.99. The van der Waals surface area contributed by atoms with Gasteiger partial charge in [-0.25, -0.2) is 4.98 Å². The van der Waals surface area contributed by atoms with Gasteiger partial charge in [0.2, 0.25) is 0 Å². The van der Waals surface area contributed by atoms with E-state index in [1.807, 2.05) is 55.5 Å². The van der Waals surface area contributed by atoms with Gasteiger partial charge in [0.25, 0.3) is 11.5 Å². The predicted octanol–water partition coefficient (Wildman–Crippen LogP) is 6.04. The molecule has 0 saturated heterocycles. The fourth-order valence-corrected chi connectivity index (χ4v) is 4.20. The normalized spacial score (nSPS) is 12.0. The van der Waals surface area contributed by atoms with Crippen molar-refractivity contribution in [2.75, 3.05) is 6.54 Å². The summed E-state index contributed by atoms with van der Waals surface area (Å²) < 4.78 is 1.62. The molecule has 4 aromatic rings. The van der Waals surface area contributed by atoms with Gasteiger partial charge in [-0.3, -0.25) is 14.2 Å². The van der Waals surface area contributed by atoms with Gasteiger partial charge in [-0.15, -0.1) is 0 Å². The monoisotopic (exact) mass is 459 g/mol. The highest BCUT2D eigenvalue weighted by atomic mass is 35.5. The minimum absolute atomic E-state index is 0.158. The molecule has 168 valence electrons. The molecule has 1 aromatic heterocycles. The summed E-state index contributed by atoms with van der Waals surface area (Å²) in [5, 5.41) is 0.943. The number of amides is 1. The second-order valence-corrected chi connectivity index (χ2v) is 8.38. The molecule has 0 saturated carbocycles. The lowest BCUT2D eigenvalue weighted by molar-refractivity contribution is 0.0678. The van der Waals surface area contributed by atoms with Crippen molar-refractivity contribution in [2.24, 2.45) is 0 Å². The highest BCUT2D eigenvalue weighted by Gasteiger charge is 2.28. The quantitative estimate of drug-likeness (QED) is 0.338. The van der Waals surface area contributed by atoms with E-state index < -0.39 is 6.04 Å². The molecule has 1 atom stereocenters. The summed E-state index contributed by atoms with van der Waals surface area (Å²) in [6, 6.07) is 23.3. The van der Waals surface area contributed by atoms with E-state index in [4.69, 9.17) is 16.6 Å². The number of unbranched alkanes of at least 4 members (excludes halogenated alkanes) is 1. The molecule has 4 rings (SSSR count). The van der Waals surface area contributed by atoms with Gasteiger partial charge >= 0.3 is 0 Å². The molecule has 0 bridgehead atoms. The Morgan fingerprint density at radius 3 is 2.39 bits per heavy atom. The van der Waals surface area contributed by atoms with Crippen molar-refractivity contribution in [3.8, 4) is 5.69 Å². The van der Waals surface area contributed by atoms with Crippen LogP contribution in [0.15, 0.2) is 83.7 Å². The van der Waals surface area contributed by atoms with Gasteiger partial charge in [-0.1, -0.05) is 67.4 Å². The minimum atomic E-state index is -0.460. The third-order valence-corrected chi connectivity index (χ3v) is 6.10. The van der Waals surface area contributed by atoms with Gasteiger partial charge in [0.05, 0.1) is 33.2 Å². The molecule has 1 amide bonds. The highest BCUT2D eigenvalue weighted by molar-refractivity contribution is 6.33. The molecule has 33 heavy (non-hydrogen) atoms. The van der Waals surface area contributed by atoms with Crippen molar-refractivity contribution in [3.05, 3.63) is 106 Å². The first kappa shape index (κ1) is 22.7. The topological polar surface area (TPSA) is 55.2 Å². The van der Waals surface area contributed by atoms with Gasteiger partial charge in [-0.05, 0) is 49.7 Å². The maximum absolute atomic E-state index is 13.6. The van der Waals surface area contributed by atoms with E-state index in [1.165, 1.54) is 0 Å². The number of hydrogen-bond donors (Lipinski definition) is 0. The second-order valence-electron chi connectivity index (χ2n) is 7.97. The van der Waals surface area contributed by atoms with E-state index in [2.05, 4.69) is 6.92 Å². The molecular weight excluding hydrogens is 434 g/mol. The Morgan fingerprint density at radius 2 is 1.67 bits per heavy atom. The summed E-state index contributed by atoms with van der Waals surface area (Å²) in [4.78, 5) is 33.8. The zero-order valence-corrected chi connectivity index (χ0v) is 19.5. The maximum atomic E-state index is 13.6. The molecule has 0 aliphatic rings. The van der Waals surface area contributed by atoms with Crippen LogP contribution in [0.3, 0.4) is 0 Å². The van der Waals surface area contributed by atoms with Crippen molar-refractivity contribution in [1.29, 1.82) is 0 Å². The number of halogens is 1. The number of rotatable bonds is 7. The number of para-hydroxylation sites is 2. The molecule has 0 fully saturated rings. The first-order chi connectivity index (χ1) is 16.0. The SMILES string of the molecule is CCCCN(C(=O)c1ccccc1Cl)C(C)c1nc2ccccc2c(=O)n1-c1ccccc1. The molecule has 1 heterocycles. The summed E-state index contributed by atoms with van der Waals surface area (Å²) in [7, 11) is 0. The molecule has 0 aliphatic heterocycles. The van der Waals surface area contributed by atoms with E-state index in [0.717, 1.165) is 12.8 Å². The fraction of sp³-hybridized carbons (Fsp3) is 0.222. The van der Waals surface area contributed by atoms with Crippen LogP contribution in [0.5, 0.6) is 0 Å². The number of aromatic nitrogens is 2. The van der Waals surface area contributed by atoms with Gasteiger partial charge in [0, 0.05) is 6.54 Å². The highest BCUT2D eigenvalue weighted by Crippen LogP contribution is 2.27. The average Bonchev–Trinajstić information content (AvgIpc) is 2.84. The smallest absolute Gasteiger partial charge is 0.266 e. The first-order valence-electron chi connectivity index (χ1n) is 11.2. The molecule has 6 heteroatoms. The molecular formula is C27H26ClN3O2. The van der Waals surface area contributed by atoms with Crippen LogP contribution in [0.4, 0.5) is 0 Å². The first-order valence-corrected chi connectivity index (χ1v) is 11.5. The van der Waals surface area contributed by atoms with Crippen LogP contribution in [0, 0.1) is 0 Å². The van der Waals surface area contributed by atoms with E-state index in [-0.39, 0.29) is 11.5 Å². The van der Waals surface area contributed by atoms with Crippen LogP contribution in [0.1, 0.15) is 48.9 Å². The van der Waals surface area contributed by atoms with Crippen molar-refractivity contribution >= 4 is 28.4 Å². The Hall–Kier alpha value is -3.44. The van der Waals surface area contributed by atoms with Crippen molar-refractivity contribution < 1.29 is 4.79 Å². The summed E-state index contributed by atoms with van der Waals surface area (Å²) in [6.07, 6.45) is 1.75. The molecule has 5 nitrogen and oxygen atoms in total. The Kier molecular flexibility index (Phi) is 6.90. The number of carbonyl (C=O) groups is 1. The van der Waals surface area contributed by atoms with Crippen LogP contribution in [0.2, 0.25) is 5.02 Å².